The average Bonchev–Trinajstić information content (AvgIpc) is 2.47. The van der Waals surface area contributed by atoms with Crippen molar-refractivity contribution in [1.82, 2.24) is 14.8 Å². The second-order valence-electron chi connectivity index (χ2n) is 5.85. The Hall–Kier alpha value is -0.860. The molecule has 15 heavy (non-hydrogen) atoms. The van der Waals surface area contributed by atoms with Gasteiger partial charge in [-0.3, -0.25) is 0 Å². The fourth-order valence-electron chi connectivity index (χ4n) is 1.74. The van der Waals surface area contributed by atoms with Gasteiger partial charge in [-0.05, 0) is 18.8 Å². The molecule has 1 atom stereocenters. The van der Waals surface area contributed by atoms with Crippen LogP contribution in [0.5, 0.6) is 0 Å². The quantitative estimate of drug-likeness (QED) is 0.764. The van der Waals surface area contributed by atoms with Gasteiger partial charge in [0.1, 0.15) is 6.33 Å². The first-order valence-electron chi connectivity index (χ1n) is 5.70. The zero-order valence-corrected chi connectivity index (χ0v) is 10.8. The number of rotatable bonds is 3. The maximum atomic E-state index is 4.50. The van der Waals surface area contributed by atoms with E-state index in [-0.39, 0.29) is 0 Å². The van der Waals surface area contributed by atoms with Crippen LogP contribution in [0.4, 0.5) is 0 Å². The third-order valence-electron chi connectivity index (χ3n) is 2.40. The molecule has 0 N–H and O–H groups in total. The predicted molar refractivity (Wildman–Crippen MR) is 62.9 cm³/mol. The molecule has 0 bridgehead atoms. The summed E-state index contributed by atoms with van der Waals surface area (Å²) >= 11 is 0. The normalized spacial score (nSPS) is 14.6. The van der Waals surface area contributed by atoms with Crippen molar-refractivity contribution < 1.29 is 0 Å². The van der Waals surface area contributed by atoms with E-state index in [4.69, 9.17) is 0 Å². The van der Waals surface area contributed by atoms with E-state index in [1.54, 1.807) is 0 Å². The first-order valence-corrected chi connectivity index (χ1v) is 5.70. The molecule has 1 unspecified atom stereocenters. The Kier molecular flexibility index (Phi) is 3.53. The van der Waals surface area contributed by atoms with Crippen LogP contribution < -0.4 is 0 Å². The smallest absolute Gasteiger partial charge is 0.153 e. The molecule has 0 aliphatic carbocycles. The van der Waals surface area contributed by atoms with Crippen LogP contribution in [-0.4, -0.2) is 14.8 Å². The van der Waals surface area contributed by atoms with E-state index in [0.29, 0.717) is 17.4 Å². The van der Waals surface area contributed by atoms with Gasteiger partial charge in [-0.2, -0.15) is 5.10 Å². The van der Waals surface area contributed by atoms with Crippen LogP contribution in [0.3, 0.4) is 0 Å². The summed E-state index contributed by atoms with van der Waals surface area (Å²) in [6, 6.07) is 0.421. The van der Waals surface area contributed by atoms with E-state index in [1.807, 2.05) is 11.0 Å². The van der Waals surface area contributed by atoms with Crippen molar-refractivity contribution in [3.05, 3.63) is 12.2 Å². The molecule has 0 saturated carbocycles. The van der Waals surface area contributed by atoms with Gasteiger partial charge in [0.15, 0.2) is 5.82 Å². The fraction of sp³-hybridized carbons (Fsp3) is 0.833. The standard InChI is InChI=1S/C12H23N3/c1-9(2)11-13-8-15(14-11)10(3)7-12(4,5)6/h8-10H,7H2,1-6H3. The fourth-order valence-corrected chi connectivity index (χ4v) is 1.74. The maximum Gasteiger partial charge on any atom is 0.153 e. The lowest BCUT2D eigenvalue weighted by atomic mass is 9.89. The molecule has 1 rings (SSSR count). The maximum absolute atomic E-state index is 4.50. The Morgan fingerprint density at radius 3 is 2.27 bits per heavy atom. The van der Waals surface area contributed by atoms with Crippen molar-refractivity contribution in [3.63, 3.8) is 0 Å². The third-order valence-corrected chi connectivity index (χ3v) is 2.40. The molecular formula is C12H23N3. The zero-order valence-electron chi connectivity index (χ0n) is 10.8. The van der Waals surface area contributed by atoms with Gasteiger partial charge in [0.05, 0.1) is 6.04 Å². The van der Waals surface area contributed by atoms with Crippen molar-refractivity contribution in [1.29, 1.82) is 0 Å². The van der Waals surface area contributed by atoms with E-state index in [1.165, 1.54) is 0 Å². The summed E-state index contributed by atoms with van der Waals surface area (Å²) in [4.78, 5) is 4.32. The highest BCUT2D eigenvalue weighted by atomic mass is 15.3. The van der Waals surface area contributed by atoms with Crippen LogP contribution in [0.25, 0.3) is 0 Å². The van der Waals surface area contributed by atoms with E-state index in [2.05, 4.69) is 51.6 Å². The lowest BCUT2D eigenvalue weighted by Crippen LogP contribution is -2.15. The second kappa shape index (κ2) is 4.33. The molecule has 1 heterocycles. The topological polar surface area (TPSA) is 30.7 Å². The van der Waals surface area contributed by atoms with E-state index < -0.39 is 0 Å². The summed E-state index contributed by atoms with van der Waals surface area (Å²) in [7, 11) is 0. The highest BCUT2D eigenvalue weighted by Gasteiger charge is 2.17. The Balaban J connectivity index is 2.70. The summed E-state index contributed by atoms with van der Waals surface area (Å²) < 4.78 is 1.99. The van der Waals surface area contributed by atoms with Gasteiger partial charge in [-0.25, -0.2) is 9.67 Å². The third kappa shape index (κ3) is 3.65. The van der Waals surface area contributed by atoms with Gasteiger partial charge in [-0.15, -0.1) is 0 Å². The van der Waals surface area contributed by atoms with Gasteiger partial charge < -0.3 is 0 Å². The monoisotopic (exact) mass is 209 g/mol. The van der Waals surface area contributed by atoms with Crippen molar-refractivity contribution >= 4 is 0 Å². The van der Waals surface area contributed by atoms with Gasteiger partial charge in [0.2, 0.25) is 0 Å². The summed E-state index contributed by atoms with van der Waals surface area (Å²) in [5.74, 6) is 1.35. The molecule has 3 heteroatoms. The van der Waals surface area contributed by atoms with E-state index in [0.717, 1.165) is 12.2 Å². The first kappa shape index (κ1) is 12.2. The minimum atomic E-state index is 0.337. The predicted octanol–water partition coefficient (Wildman–Crippen LogP) is 3.40. The van der Waals surface area contributed by atoms with Crippen LogP contribution >= 0.6 is 0 Å². The molecule has 0 radical (unpaired) electrons. The minimum Gasteiger partial charge on any atom is -0.250 e. The van der Waals surface area contributed by atoms with Gasteiger partial charge >= 0.3 is 0 Å². The van der Waals surface area contributed by atoms with Crippen molar-refractivity contribution in [2.75, 3.05) is 0 Å². The SMILES string of the molecule is CC(C)c1ncn(C(C)CC(C)(C)C)n1. The van der Waals surface area contributed by atoms with E-state index >= 15 is 0 Å². The lowest BCUT2D eigenvalue weighted by molar-refractivity contribution is 0.292. The van der Waals surface area contributed by atoms with Crippen LogP contribution in [0.15, 0.2) is 6.33 Å². The molecule has 0 aliphatic heterocycles. The molecule has 86 valence electrons. The number of aromatic nitrogens is 3. The number of nitrogens with zero attached hydrogens (tertiary/aromatic N) is 3. The van der Waals surface area contributed by atoms with Crippen LogP contribution in [0.2, 0.25) is 0 Å². The van der Waals surface area contributed by atoms with E-state index in [9.17, 15) is 0 Å². The van der Waals surface area contributed by atoms with Crippen LogP contribution in [0, 0.1) is 5.41 Å². The van der Waals surface area contributed by atoms with Crippen molar-refractivity contribution in [3.8, 4) is 0 Å². The zero-order chi connectivity index (χ0) is 11.6. The summed E-state index contributed by atoms with van der Waals surface area (Å²) in [5.41, 5.74) is 0.337. The molecule has 0 spiro atoms. The van der Waals surface area contributed by atoms with Crippen molar-refractivity contribution in [2.45, 2.75) is 59.9 Å². The molecule has 0 aliphatic rings. The highest BCUT2D eigenvalue weighted by molar-refractivity contribution is 4.89. The second-order valence-corrected chi connectivity index (χ2v) is 5.85. The Bertz CT molecular complexity index is 307. The molecular weight excluding hydrogens is 186 g/mol. The van der Waals surface area contributed by atoms with Gasteiger partial charge in [0, 0.05) is 5.92 Å². The summed E-state index contributed by atoms with van der Waals surface area (Å²) in [6.45, 7) is 13.2. The Morgan fingerprint density at radius 1 is 1.27 bits per heavy atom. The summed E-state index contributed by atoms with van der Waals surface area (Å²) in [6.07, 6.45) is 2.97. The lowest BCUT2D eigenvalue weighted by Gasteiger charge is -2.23. The van der Waals surface area contributed by atoms with Crippen molar-refractivity contribution in [2.24, 2.45) is 5.41 Å². The number of hydrogen-bond donors (Lipinski definition) is 0. The molecule has 0 aromatic carbocycles. The first-order chi connectivity index (χ1) is 6.79. The van der Waals surface area contributed by atoms with Gasteiger partial charge in [-0.1, -0.05) is 34.6 Å². The molecule has 1 aromatic heterocycles. The molecule has 3 nitrogen and oxygen atoms in total. The minimum absolute atomic E-state index is 0.337. The molecule has 0 fully saturated rings. The summed E-state index contributed by atoms with van der Waals surface area (Å²) in [5, 5.41) is 4.50. The van der Waals surface area contributed by atoms with Crippen LogP contribution in [-0.2, 0) is 0 Å². The number of hydrogen-bond acceptors (Lipinski definition) is 2. The Morgan fingerprint density at radius 2 is 1.87 bits per heavy atom. The van der Waals surface area contributed by atoms with Crippen LogP contribution in [0.1, 0.15) is 65.7 Å². The molecule has 0 saturated heterocycles. The Labute approximate surface area is 92.9 Å². The average molecular weight is 209 g/mol. The molecule has 1 aromatic rings. The van der Waals surface area contributed by atoms with Gasteiger partial charge in [0.25, 0.3) is 0 Å². The molecule has 0 amide bonds. The largest absolute Gasteiger partial charge is 0.250 e. The highest BCUT2D eigenvalue weighted by Crippen LogP contribution is 2.26.